The number of ether oxygens (including phenoxy) is 1. The van der Waals surface area contributed by atoms with Gasteiger partial charge in [0.2, 0.25) is 11.8 Å². The number of nitrogens with one attached hydrogen (secondary N) is 2. The molecule has 0 atom stereocenters. The van der Waals surface area contributed by atoms with Gasteiger partial charge in [-0.25, -0.2) is 5.43 Å². The summed E-state index contributed by atoms with van der Waals surface area (Å²) < 4.78 is 6.55. The lowest BCUT2D eigenvalue weighted by Crippen LogP contribution is -2.24. The number of nitrogens with zero attached hydrogens (tertiary/aromatic N) is 1. The van der Waals surface area contributed by atoms with Crippen LogP contribution in [0.3, 0.4) is 0 Å². The Balaban J connectivity index is 1.49. The monoisotopic (exact) mass is 513 g/mol. The molecule has 0 heterocycles. The van der Waals surface area contributed by atoms with Crippen molar-refractivity contribution in [2.75, 3.05) is 5.32 Å². The van der Waals surface area contributed by atoms with Crippen molar-refractivity contribution < 1.29 is 14.3 Å². The molecule has 0 saturated heterocycles. The molecule has 3 rings (SSSR count). The second-order valence-corrected chi connectivity index (χ2v) is 8.16. The van der Waals surface area contributed by atoms with Crippen molar-refractivity contribution >= 4 is 51.2 Å². The first kappa shape index (κ1) is 23.5. The zero-order chi connectivity index (χ0) is 22.9. The predicted octanol–water partition coefficient (Wildman–Crippen LogP) is 5.47. The summed E-state index contributed by atoms with van der Waals surface area (Å²) in [5.74, 6) is -0.264. The van der Waals surface area contributed by atoms with E-state index in [2.05, 4.69) is 31.8 Å². The van der Waals surface area contributed by atoms with E-state index in [4.69, 9.17) is 16.3 Å². The third-order valence-electron chi connectivity index (χ3n) is 4.44. The SMILES string of the molecule is Cc1ccccc1NC(=O)CC(=O)NN=Cc1ccc(OCc2ccccc2Cl)c(Br)c1. The Labute approximate surface area is 199 Å². The molecule has 0 saturated carbocycles. The summed E-state index contributed by atoms with van der Waals surface area (Å²) in [6, 6.07) is 20.2. The number of benzene rings is 3. The lowest BCUT2D eigenvalue weighted by atomic mass is 10.2. The second-order valence-electron chi connectivity index (χ2n) is 6.90. The summed E-state index contributed by atoms with van der Waals surface area (Å²) >= 11 is 9.62. The molecular formula is C24H21BrClN3O3. The third kappa shape index (κ3) is 6.93. The van der Waals surface area contributed by atoms with Gasteiger partial charge < -0.3 is 10.1 Å². The number of anilines is 1. The number of halogens is 2. The number of aryl methyl sites for hydroxylation is 1. The normalized spacial score (nSPS) is 10.7. The summed E-state index contributed by atoms with van der Waals surface area (Å²) in [5.41, 5.74) is 5.59. The smallest absolute Gasteiger partial charge is 0.249 e. The van der Waals surface area contributed by atoms with E-state index < -0.39 is 11.8 Å². The maximum absolute atomic E-state index is 12.0. The highest BCUT2D eigenvalue weighted by atomic mass is 79.9. The van der Waals surface area contributed by atoms with E-state index in [0.29, 0.717) is 23.1 Å². The lowest BCUT2D eigenvalue weighted by molar-refractivity contribution is -0.126. The topological polar surface area (TPSA) is 79.8 Å². The lowest BCUT2D eigenvalue weighted by Gasteiger charge is -2.10. The van der Waals surface area contributed by atoms with Crippen LogP contribution < -0.4 is 15.5 Å². The summed E-state index contributed by atoms with van der Waals surface area (Å²) in [6.07, 6.45) is 1.16. The molecule has 0 fully saturated rings. The van der Waals surface area contributed by atoms with E-state index >= 15 is 0 Å². The summed E-state index contributed by atoms with van der Waals surface area (Å²) in [5, 5.41) is 7.27. The minimum absolute atomic E-state index is 0.329. The van der Waals surface area contributed by atoms with Crippen LogP contribution >= 0.6 is 27.5 Å². The Hall–Kier alpha value is -3.16. The molecule has 0 aliphatic rings. The standard InChI is InChI=1S/C24H21BrClN3O3/c1-16-6-2-5-9-21(16)28-23(30)13-24(31)29-27-14-17-10-11-22(19(25)12-17)32-15-18-7-3-4-8-20(18)26/h2-12,14H,13,15H2,1H3,(H,28,30)(H,29,31). The zero-order valence-corrected chi connectivity index (χ0v) is 19.6. The Morgan fingerprint density at radius 1 is 1.06 bits per heavy atom. The van der Waals surface area contributed by atoms with Gasteiger partial charge in [-0.05, 0) is 64.3 Å². The average Bonchev–Trinajstić information content (AvgIpc) is 2.76. The molecule has 2 N–H and O–H groups in total. The van der Waals surface area contributed by atoms with Gasteiger partial charge in [0.15, 0.2) is 0 Å². The van der Waals surface area contributed by atoms with Crippen molar-refractivity contribution in [1.29, 1.82) is 0 Å². The molecule has 0 spiro atoms. The Morgan fingerprint density at radius 3 is 2.56 bits per heavy atom. The fourth-order valence-electron chi connectivity index (χ4n) is 2.76. The number of hydrogen-bond donors (Lipinski definition) is 2. The third-order valence-corrected chi connectivity index (χ3v) is 5.43. The average molecular weight is 515 g/mol. The maximum atomic E-state index is 12.0. The molecule has 0 radical (unpaired) electrons. The van der Waals surface area contributed by atoms with Crippen LogP contribution in [0.1, 0.15) is 23.1 Å². The molecule has 3 aromatic carbocycles. The number of amides is 2. The van der Waals surface area contributed by atoms with Crippen LogP contribution in [0.25, 0.3) is 0 Å². The van der Waals surface area contributed by atoms with Gasteiger partial charge in [0.1, 0.15) is 18.8 Å². The molecule has 0 aromatic heterocycles. The number of hydrogen-bond acceptors (Lipinski definition) is 4. The van der Waals surface area contributed by atoms with Crippen molar-refractivity contribution in [3.05, 3.63) is 92.9 Å². The Kier molecular flexibility index (Phi) is 8.41. The van der Waals surface area contributed by atoms with Gasteiger partial charge in [0.05, 0.1) is 10.7 Å². The van der Waals surface area contributed by atoms with Crippen molar-refractivity contribution in [2.45, 2.75) is 20.0 Å². The van der Waals surface area contributed by atoms with Crippen LogP contribution in [0.5, 0.6) is 5.75 Å². The first-order chi connectivity index (χ1) is 15.4. The van der Waals surface area contributed by atoms with Crippen LogP contribution in [0.15, 0.2) is 76.3 Å². The van der Waals surface area contributed by atoms with Gasteiger partial charge in [0.25, 0.3) is 0 Å². The number of carbonyl (C=O) groups excluding carboxylic acids is 2. The first-order valence-corrected chi connectivity index (χ1v) is 10.9. The van der Waals surface area contributed by atoms with Gasteiger partial charge in [-0.2, -0.15) is 5.10 Å². The van der Waals surface area contributed by atoms with Crippen LogP contribution in [0, 0.1) is 6.92 Å². The Bertz CT molecular complexity index is 1150. The van der Waals surface area contributed by atoms with E-state index in [1.54, 1.807) is 18.2 Å². The number of hydrazone groups is 1. The molecule has 6 nitrogen and oxygen atoms in total. The molecule has 0 unspecified atom stereocenters. The minimum Gasteiger partial charge on any atom is -0.488 e. The fourth-order valence-corrected chi connectivity index (χ4v) is 3.46. The molecule has 0 bridgehead atoms. The highest BCUT2D eigenvalue weighted by Gasteiger charge is 2.10. The number of carbonyl (C=O) groups is 2. The summed E-state index contributed by atoms with van der Waals surface area (Å²) in [6.45, 7) is 2.22. The van der Waals surface area contributed by atoms with Crippen LogP contribution in [0.4, 0.5) is 5.69 Å². The van der Waals surface area contributed by atoms with Gasteiger partial charge in [-0.3, -0.25) is 9.59 Å². The van der Waals surface area contributed by atoms with E-state index in [1.165, 1.54) is 6.21 Å². The molecule has 0 aliphatic carbocycles. The Morgan fingerprint density at radius 2 is 1.81 bits per heavy atom. The highest BCUT2D eigenvalue weighted by molar-refractivity contribution is 9.10. The highest BCUT2D eigenvalue weighted by Crippen LogP contribution is 2.27. The molecule has 164 valence electrons. The molecule has 8 heteroatoms. The minimum atomic E-state index is -0.508. The zero-order valence-electron chi connectivity index (χ0n) is 17.3. The molecule has 3 aromatic rings. The van der Waals surface area contributed by atoms with Crippen molar-refractivity contribution in [1.82, 2.24) is 5.43 Å². The molecule has 32 heavy (non-hydrogen) atoms. The van der Waals surface area contributed by atoms with E-state index in [-0.39, 0.29) is 6.42 Å². The summed E-state index contributed by atoms with van der Waals surface area (Å²) in [4.78, 5) is 24.0. The van der Waals surface area contributed by atoms with Crippen molar-refractivity contribution in [3.8, 4) is 5.75 Å². The van der Waals surface area contributed by atoms with Crippen molar-refractivity contribution in [3.63, 3.8) is 0 Å². The van der Waals surface area contributed by atoms with Gasteiger partial charge >= 0.3 is 0 Å². The molecular weight excluding hydrogens is 494 g/mol. The van der Waals surface area contributed by atoms with Gasteiger partial charge in [-0.1, -0.05) is 48.0 Å². The van der Waals surface area contributed by atoms with E-state index in [1.807, 2.05) is 55.5 Å². The van der Waals surface area contributed by atoms with Gasteiger partial charge in [-0.15, -0.1) is 0 Å². The van der Waals surface area contributed by atoms with Crippen LogP contribution in [0.2, 0.25) is 5.02 Å². The predicted molar refractivity (Wildman–Crippen MR) is 130 cm³/mol. The number of rotatable bonds is 8. The summed E-state index contributed by atoms with van der Waals surface area (Å²) in [7, 11) is 0. The largest absolute Gasteiger partial charge is 0.488 e. The van der Waals surface area contributed by atoms with E-state index in [0.717, 1.165) is 21.2 Å². The molecule has 0 aliphatic heterocycles. The first-order valence-electron chi connectivity index (χ1n) is 9.75. The van der Waals surface area contributed by atoms with E-state index in [9.17, 15) is 9.59 Å². The van der Waals surface area contributed by atoms with Crippen LogP contribution in [-0.4, -0.2) is 18.0 Å². The number of para-hydroxylation sites is 1. The quantitative estimate of drug-likeness (QED) is 0.238. The fraction of sp³-hybridized carbons (Fsp3) is 0.125. The molecule has 2 amide bonds. The van der Waals surface area contributed by atoms with Crippen LogP contribution in [-0.2, 0) is 16.2 Å². The maximum Gasteiger partial charge on any atom is 0.249 e. The van der Waals surface area contributed by atoms with Gasteiger partial charge in [0, 0.05) is 16.3 Å². The second kappa shape index (κ2) is 11.5. The van der Waals surface area contributed by atoms with Crippen molar-refractivity contribution in [2.24, 2.45) is 5.10 Å².